The van der Waals surface area contributed by atoms with Gasteiger partial charge in [0, 0.05) is 30.1 Å². The minimum absolute atomic E-state index is 0.285. The average Bonchev–Trinajstić information content (AvgIpc) is 2.85. The van der Waals surface area contributed by atoms with Gasteiger partial charge in [0.25, 0.3) is 0 Å². The average molecular weight is 417 g/mol. The highest BCUT2D eigenvalue weighted by atomic mass is 16.5. The molecule has 0 aliphatic carbocycles. The molecule has 0 aromatic heterocycles. The number of hydrogen-bond donors (Lipinski definition) is 2. The molecule has 0 radical (unpaired) electrons. The van der Waals surface area contributed by atoms with Gasteiger partial charge < -0.3 is 20.1 Å². The first-order valence-corrected chi connectivity index (χ1v) is 11.1. The Morgan fingerprint density at radius 1 is 0.903 bits per heavy atom. The van der Waals surface area contributed by atoms with Crippen molar-refractivity contribution in [2.24, 2.45) is 0 Å². The molecule has 1 aliphatic rings. The first kappa shape index (κ1) is 21.4. The van der Waals surface area contributed by atoms with E-state index in [9.17, 15) is 0 Å². The van der Waals surface area contributed by atoms with Gasteiger partial charge in [0.05, 0.1) is 14.2 Å². The lowest BCUT2D eigenvalue weighted by Crippen LogP contribution is -2.54. The van der Waals surface area contributed by atoms with Crippen LogP contribution in [0.1, 0.15) is 35.4 Å². The molecule has 0 bridgehead atoms. The zero-order valence-corrected chi connectivity index (χ0v) is 18.4. The summed E-state index contributed by atoms with van der Waals surface area (Å²) in [6.07, 6.45) is 2.31. The molecule has 2 atom stereocenters. The van der Waals surface area contributed by atoms with Crippen LogP contribution in [-0.4, -0.2) is 32.8 Å². The maximum Gasteiger partial charge on any atom is 0.123 e. The van der Waals surface area contributed by atoms with Gasteiger partial charge >= 0.3 is 0 Å². The summed E-state index contributed by atoms with van der Waals surface area (Å²) in [4.78, 5) is 0. The summed E-state index contributed by atoms with van der Waals surface area (Å²) < 4.78 is 11.0. The topological polar surface area (TPSA) is 42.5 Å². The van der Waals surface area contributed by atoms with Crippen LogP contribution in [0.2, 0.25) is 0 Å². The molecule has 0 saturated carbocycles. The number of nitrogens with one attached hydrogen (secondary N) is 2. The fourth-order valence-electron chi connectivity index (χ4n) is 4.68. The molecule has 4 rings (SSSR count). The van der Waals surface area contributed by atoms with Crippen LogP contribution >= 0.6 is 0 Å². The third kappa shape index (κ3) is 5.09. The molecule has 2 N–H and O–H groups in total. The number of ether oxygens (including phenoxy) is 2. The van der Waals surface area contributed by atoms with Crippen LogP contribution < -0.4 is 20.1 Å². The molecule has 31 heavy (non-hydrogen) atoms. The molecule has 2 unspecified atom stereocenters. The molecule has 0 amide bonds. The van der Waals surface area contributed by atoms with E-state index in [0.717, 1.165) is 36.6 Å². The Morgan fingerprint density at radius 2 is 1.58 bits per heavy atom. The van der Waals surface area contributed by atoms with E-state index in [1.807, 2.05) is 12.1 Å². The van der Waals surface area contributed by atoms with Crippen LogP contribution in [0.15, 0.2) is 78.9 Å². The van der Waals surface area contributed by atoms with E-state index in [2.05, 4.69) is 77.4 Å². The molecule has 1 aliphatic heterocycles. The number of benzene rings is 3. The minimum Gasteiger partial charge on any atom is -0.497 e. The number of rotatable bonds is 8. The third-order valence-corrected chi connectivity index (χ3v) is 6.22. The fourth-order valence-corrected chi connectivity index (χ4v) is 4.68. The predicted octanol–water partition coefficient (Wildman–Crippen LogP) is 4.75. The highest BCUT2D eigenvalue weighted by Crippen LogP contribution is 2.32. The normalized spacial score (nSPS) is 18.7. The maximum absolute atomic E-state index is 5.59. The molecule has 1 fully saturated rings. The lowest BCUT2D eigenvalue weighted by molar-refractivity contribution is 0.278. The van der Waals surface area contributed by atoms with Crippen molar-refractivity contribution in [3.63, 3.8) is 0 Å². The Kier molecular flexibility index (Phi) is 7.23. The maximum atomic E-state index is 5.59. The van der Waals surface area contributed by atoms with Crippen LogP contribution in [0.25, 0.3) is 0 Å². The molecule has 3 aromatic rings. The van der Waals surface area contributed by atoms with Crippen LogP contribution in [0.5, 0.6) is 11.5 Å². The van der Waals surface area contributed by atoms with Gasteiger partial charge in [0.1, 0.15) is 11.5 Å². The molecular weight excluding hydrogens is 384 g/mol. The SMILES string of the molecule is COc1ccc(OC)c(CNC2CCCNC2C(c2ccccc2)c2ccccc2)c1. The molecule has 1 heterocycles. The lowest BCUT2D eigenvalue weighted by atomic mass is 9.79. The highest BCUT2D eigenvalue weighted by Gasteiger charge is 2.33. The summed E-state index contributed by atoms with van der Waals surface area (Å²) >= 11 is 0. The minimum atomic E-state index is 0.285. The van der Waals surface area contributed by atoms with Gasteiger partial charge in [0.2, 0.25) is 0 Å². The number of piperidine rings is 1. The van der Waals surface area contributed by atoms with Gasteiger partial charge in [-0.15, -0.1) is 0 Å². The van der Waals surface area contributed by atoms with E-state index in [-0.39, 0.29) is 5.92 Å². The first-order chi connectivity index (χ1) is 15.3. The molecule has 0 spiro atoms. The summed E-state index contributed by atoms with van der Waals surface area (Å²) in [5, 5.41) is 7.67. The van der Waals surface area contributed by atoms with Crippen molar-refractivity contribution in [1.29, 1.82) is 0 Å². The van der Waals surface area contributed by atoms with Gasteiger partial charge in [-0.2, -0.15) is 0 Å². The Hall–Kier alpha value is -2.82. The Morgan fingerprint density at radius 3 is 2.19 bits per heavy atom. The molecular formula is C27H32N2O2. The van der Waals surface area contributed by atoms with Crippen molar-refractivity contribution in [3.05, 3.63) is 95.6 Å². The molecule has 162 valence electrons. The van der Waals surface area contributed by atoms with Crippen LogP contribution in [0.3, 0.4) is 0 Å². The summed E-state index contributed by atoms with van der Waals surface area (Å²) in [5.74, 6) is 2.02. The summed E-state index contributed by atoms with van der Waals surface area (Å²) in [5.41, 5.74) is 3.81. The second-order valence-corrected chi connectivity index (χ2v) is 8.09. The highest BCUT2D eigenvalue weighted by molar-refractivity contribution is 5.40. The van der Waals surface area contributed by atoms with Crippen molar-refractivity contribution >= 4 is 0 Å². The molecule has 4 nitrogen and oxygen atoms in total. The summed E-state index contributed by atoms with van der Waals surface area (Å²) in [7, 11) is 3.42. The Labute approximate surface area is 185 Å². The van der Waals surface area contributed by atoms with E-state index in [1.165, 1.54) is 17.5 Å². The quantitative estimate of drug-likeness (QED) is 0.556. The van der Waals surface area contributed by atoms with Crippen LogP contribution in [0.4, 0.5) is 0 Å². The van der Waals surface area contributed by atoms with E-state index in [1.54, 1.807) is 14.2 Å². The van der Waals surface area contributed by atoms with Gasteiger partial charge in [-0.1, -0.05) is 60.7 Å². The van der Waals surface area contributed by atoms with Crippen molar-refractivity contribution in [3.8, 4) is 11.5 Å². The molecule has 4 heteroatoms. The number of methoxy groups -OCH3 is 2. The van der Waals surface area contributed by atoms with Crippen molar-refractivity contribution < 1.29 is 9.47 Å². The monoisotopic (exact) mass is 416 g/mol. The van der Waals surface area contributed by atoms with Gasteiger partial charge in [-0.25, -0.2) is 0 Å². The molecule has 3 aromatic carbocycles. The van der Waals surface area contributed by atoms with E-state index >= 15 is 0 Å². The van der Waals surface area contributed by atoms with Crippen molar-refractivity contribution in [2.45, 2.75) is 37.4 Å². The second kappa shape index (κ2) is 10.5. The third-order valence-electron chi connectivity index (χ3n) is 6.22. The zero-order chi connectivity index (χ0) is 21.5. The zero-order valence-electron chi connectivity index (χ0n) is 18.4. The van der Waals surface area contributed by atoms with Gasteiger partial charge in [-0.3, -0.25) is 0 Å². The Balaban J connectivity index is 1.60. The predicted molar refractivity (Wildman–Crippen MR) is 126 cm³/mol. The van der Waals surface area contributed by atoms with E-state index in [0.29, 0.717) is 12.1 Å². The number of hydrogen-bond acceptors (Lipinski definition) is 4. The largest absolute Gasteiger partial charge is 0.497 e. The van der Waals surface area contributed by atoms with Crippen molar-refractivity contribution in [2.75, 3.05) is 20.8 Å². The van der Waals surface area contributed by atoms with E-state index in [4.69, 9.17) is 9.47 Å². The van der Waals surface area contributed by atoms with Gasteiger partial charge in [0.15, 0.2) is 0 Å². The first-order valence-electron chi connectivity index (χ1n) is 11.1. The van der Waals surface area contributed by atoms with Crippen LogP contribution in [0, 0.1) is 0 Å². The van der Waals surface area contributed by atoms with E-state index < -0.39 is 0 Å². The van der Waals surface area contributed by atoms with Crippen molar-refractivity contribution in [1.82, 2.24) is 10.6 Å². The summed E-state index contributed by atoms with van der Waals surface area (Å²) in [6, 6.07) is 28.3. The summed E-state index contributed by atoms with van der Waals surface area (Å²) in [6.45, 7) is 1.78. The smallest absolute Gasteiger partial charge is 0.123 e. The molecule has 1 saturated heterocycles. The second-order valence-electron chi connectivity index (χ2n) is 8.09. The fraction of sp³-hybridized carbons (Fsp3) is 0.333. The standard InChI is InChI=1S/C27H32N2O2/c1-30-23-15-16-25(31-2)22(18-23)19-29-24-14-9-17-28-27(24)26(20-10-5-3-6-11-20)21-12-7-4-8-13-21/h3-8,10-13,15-16,18,24,26-29H,9,14,17,19H2,1-2H3. The van der Waals surface area contributed by atoms with Crippen LogP contribution in [-0.2, 0) is 6.54 Å². The Bertz CT molecular complexity index is 906. The van der Waals surface area contributed by atoms with Gasteiger partial charge in [-0.05, 0) is 48.7 Å². The lowest BCUT2D eigenvalue weighted by Gasteiger charge is -2.39.